The second-order valence-electron chi connectivity index (χ2n) is 6.20. The summed E-state index contributed by atoms with van der Waals surface area (Å²) in [6.07, 6.45) is -0.200. The number of rotatable bonds is 7. The minimum atomic E-state index is -0.683. The Morgan fingerprint density at radius 1 is 0.964 bits per heavy atom. The minimum absolute atomic E-state index is 0.213. The molecule has 0 heterocycles. The number of hydrogen-bond acceptors (Lipinski definition) is 3. The molecule has 0 saturated heterocycles. The highest BCUT2D eigenvalue weighted by Gasteiger charge is 2.22. The lowest BCUT2D eigenvalue weighted by Crippen LogP contribution is -2.32. The van der Waals surface area contributed by atoms with Crippen LogP contribution in [0.2, 0.25) is 5.02 Å². The monoisotopic (exact) mass is 393 g/mol. The van der Waals surface area contributed by atoms with Gasteiger partial charge in [-0.05, 0) is 36.8 Å². The maximum Gasteiger partial charge on any atom is 0.265 e. The van der Waals surface area contributed by atoms with Crippen molar-refractivity contribution in [3.8, 4) is 5.75 Å². The van der Waals surface area contributed by atoms with E-state index < -0.39 is 6.10 Å². The molecule has 0 saturated carbocycles. The molecule has 0 radical (unpaired) electrons. The molecular formula is C23H20ClNO3. The van der Waals surface area contributed by atoms with Crippen molar-refractivity contribution in [2.24, 2.45) is 0 Å². The van der Waals surface area contributed by atoms with Gasteiger partial charge in [0.25, 0.3) is 5.91 Å². The van der Waals surface area contributed by atoms with Gasteiger partial charge in [0.15, 0.2) is 11.9 Å². The number of benzene rings is 3. The van der Waals surface area contributed by atoms with Crippen molar-refractivity contribution in [1.29, 1.82) is 0 Å². The number of ether oxygens (including phenoxy) is 1. The molecule has 0 unspecified atom stereocenters. The zero-order chi connectivity index (χ0) is 19.9. The summed E-state index contributed by atoms with van der Waals surface area (Å²) >= 11 is 6.09. The first-order valence-corrected chi connectivity index (χ1v) is 9.38. The van der Waals surface area contributed by atoms with Crippen LogP contribution in [0.15, 0.2) is 78.9 Å². The van der Waals surface area contributed by atoms with E-state index in [1.165, 1.54) is 0 Å². The summed E-state index contributed by atoms with van der Waals surface area (Å²) in [6.45, 7) is 1.87. The van der Waals surface area contributed by atoms with Crippen molar-refractivity contribution in [2.75, 3.05) is 5.32 Å². The predicted octanol–water partition coefficient (Wildman–Crippen LogP) is 5.37. The fraction of sp³-hybridized carbons (Fsp3) is 0.130. The smallest absolute Gasteiger partial charge is 0.265 e. The minimum Gasteiger partial charge on any atom is -0.481 e. The average molecular weight is 394 g/mol. The van der Waals surface area contributed by atoms with E-state index in [0.717, 1.165) is 0 Å². The van der Waals surface area contributed by atoms with Crippen LogP contribution < -0.4 is 10.1 Å². The van der Waals surface area contributed by atoms with E-state index in [1.807, 2.05) is 31.2 Å². The fourth-order valence-electron chi connectivity index (χ4n) is 2.76. The molecule has 142 valence electrons. The Bertz CT molecular complexity index is 958. The van der Waals surface area contributed by atoms with Gasteiger partial charge in [0.05, 0.1) is 5.69 Å². The number of carbonyl (C=O) groups is 2. The van der Waals surface area contributed by atoms with Gasteiger partial charge in [0.1, 0.15) is 5.75 Å². The predicted molar refractivity (Wildman–Crippen MR) is 111 cm³/mol. The Hall–Kier alpha value is -3.11. The first kappa shape index (κ1) is 19.6. The lowest BCUT2D eigenvalue weighted by atomic mass is 10.0. The van der Waals surface area contributed by atoms with Gasteiger partial charge in [0.2, 0.25) is 0 Å². The highest BCUT2D eigenvalue weighted by atomic mass is 35.5. The molecule has 1 N–H and O–H groups in total. The molecule has 5 heteroatoms. The van der Waals surface area contributed by atoms with E-state index in [0.29, 0.717) is 34.0 Å². The second kappa shape index (κ2) is 9.20. The summed E-state index contributed by atoms with van der Waals surface area (Å²) in [5, 5.41) is 3.24. The molecule has 3 aromatic carbocycles. The van der Waals surface area contributed by atoms with Crippen LogP contribution in [-0.4, -0.2) is 17.8 Å². The number of halogens is 1. The van der Waals surface area contributed by atoms with Gasteiger partial charge >= 0.3 is 0 Å². The fourth-order valence-corrected chi connectivity index (χ4v) is 2.93. The molecule has 0 spiro atoms. The third kappa shape index (κ3) is 4.78. The summed E-state index contributed by atoms with van der Waals surface area (Å²) < 4.78 is 5.78. The zero-order valence-corrected chi connectivity index (χ0v) is 16.1. The van der Waals surface area contributed by atoms with E-state index in [9.17, 15) is 9.59 Å². The second-order valence-corrected chi connectivity index (χ2v) is 6.64. The average Bonchev–Trinajstić information content (AvgIpc) is 2.74. The van der Waals surface area contributed by atoms with Crippen molar-refractivity contribution >= 4 is 29.0 Å². The van der Waals surface area contributed by atoms with E-state index in [4.69, 9.17) is 16.3 Å². The molecule has 0 aliphatic carbocycles. The van der Waals surface area contributed by atoms with Crippen LogP contribution >= 0.6 is 11.6 Å². The van der Waals surface area contributed by atoms with Crippen LogP contribution in [0.1, 0.15) is 29.3 Å². The Morgan fingerprint density at radius 2 is 1.61 bits per heavy atom. The standard InChI is InChI=1S/C23H20ClNO3/c1-2-21(28-18-11-7-4-8-12-18)23(27)25-20-14-13-17(24)15-19(20)22(26)16-9-5-3-6-10-16/h3-15,21H,2H2,1H3,(H,25,27)/t21-/m1/s1. The number of nitrogens with one attached hydrogen (secondary N) is 1. The van der Waals surface area contributed by atoms with Crippen LogP contribution in [0.25, 0.3) is 0 Å². The molecule has 0 aliphatic rings. The first-order chi connectivity index (χ1) is 13.6. The molecule has 4 nitrogen and oxygen atoms in total. The number of para-hydroxylation sites is 1. The molecule has 1 atom stereocenters. The first-order valence-electron chi connectivity index (χ1n) is 9.00. The third-order valence-electron chi connectivity index (χ3n) is 4.20. The van der Waals surface area contributed by atoms with Gasteiger partial charge in [-0.15, -0.1) is 0 Å². The number of ketones is 1. The van der Waals surface area contributed by atoms with Gasteiger partial charge in [0, 0.05) is 16.1 Å². The normalized spacial score (nSPS) is 11.5. The van der Waals surface area contributed by atoms with Crippen LogP contribution in [0.4, 0.5) is 5.69 Å². The molecular weight excluding hydrogens is 374 g/mol. The van der Waals surface area contributed by atoms with Crippen molar-refractivity contribution in [3.63, 3.8) is 0 Å². The van der Waals surface area contributed by atoms with Crippen LogP contribution in [-0.2, 0) is 4.79 Å². The van der Waals surface area contributed by atoms with Crippen LogP contribution in [0, 0.1) is 0 Å². The lowest BCUT2D eigenvalue weighted by Gasteiger charge is -2.18. The largest absolute Gasteiger partial charge is 0.481 e. The number of anilines is 1. The van der Waals surface area contributed by atoms with E-state index in [2.05, 4.69) is 5.32 Å². The Morgan fingerprint density at radius 3 is 2.25 bits per heavy atom. The highest BCUT2D eigenvalue weighted by Crippen LogP contribution is 2.24. The van der Waals surface area contributed by atoms with Gasteiger partial charge in [-0.1, -0.05) is 67.1 Å². The summed E-state index contributed by atoms with van der Waals surface area (Å²) in [4.78, 5) is 25.7. The lowest BCUT2D eigenvalue weighted by molar-refractivity contribution is -0.122. The zero-order valence-electron chi connectivity index (χ0n) is 15.4. The van der Waals surface area contributed by atoms with Crippen molar-refractivity contribution in [3.05, 3.63) is 95.0 Å². The quantitative estimate of drug-likeness (QED) is 0.549. The Kier molecular flexibility index (Phi) is 6.45. The van der Waals surface area contributed by atoms with Gasteiger partial charge in [-0.3, -0.25) is 9.59 Å². The molecule has 0 aliphatic heterocycles. The van der Waals surface area contributed by atoms with E-state index in [-0.39, 0.29) is 11.7 Å². The van der Waals surface area contributed by atoms with Gasteiger partial charge in [-0.2, -0.15) is 0 Å². The van der Waals surface area contributed by atoms with Crippen molar-refractivity contribution in [1.82, 2.24) is 0 Å². The number of amides is 1. The molecule has 0 aromatic heterocycles. The molecule has 0 fully saturated rings. The number of carbonyl (C=O) groups excluding carboxylic acids is 2. The van der Waals surface area contributed by atoms with Gasteiger partial charge < -0.3 is 10.1 Å². The van der Waals surface area contributed by atoms with E-state index >= 15 is 0 Å². The summed E-state index contributed by atoms with van der Waals surface area (Å²) in [7, 11) is 0. The summed E-state index contributed by atoms with van der Waals surface area (Å²) in [5.74, 6) is 0.0763. The summed E-state index contributed by atoms with van der Waals surface area (Å²) in [5.41, 5.74) is 1.26. The summed E-state index contributed by atoms with van der Waals surface area (Å²) in [6, 6.07) is 22.8. The van der Waals surface area contributed by atoms with Crippen LogP contribution in [0.3, 0.4) is 0 Å². The van der Waals surface area contributed by atoms with Gasteiger partial charge in [-0.25, -0.2) is 0 Å². The van der Waals surface area contributed by atoms with E-state index in [1.54, 1.807) is 54.6 Å². The third-order valence-corrected chi connectivity index (χ3v) is 4.44. The SMILES string of the molecule is CC[C@@H](Oc1ccccc1)C(=O)Nc1ccc(Cl)cc1C(=O)c1ccccc1. The maximum atomic E-state index is 12.9. The maximum absolute atomic E-state index is 12.9. The molecule has 3 aromatic rings. The molecule has 3 rings (SSSR count). The molecule has 28 heavy (non-hydrogen) atoms. The molecule has 1 amide bonds. The van der Waals surface area contributed by atoms with Crippen molar-refractivity contribution < 1.29 is 14.3 Å². The Labute approximate surface area is 169 Å². The Balaban J connectivity index is 1.83. The molecule has 0 bridgehead atoms. The van der Waals surface area contributed by atoms with Crippen molar-refractivity contribution in [2.45, 2.75) is 19.4 Å². The van der Waals surface area contributed by atoms with Crippen LogP contribution in [0.5, 0.6) is 5.75 Å². The topological polar surface area (TPSA) is 55.4 Å². The number of hydrogen-bond donors (Lipinski definition) is 1. The highest BCUT2D eigenvalue weighted by molar-refractivity contribution is 6.31.